The number of nitrogens with one attached hydrogen (secondary N) is 2. The van der Waals surface area contributed by atoms with Crippen molar-refractivity contribution in [3.8, 4) is 5.75 Å². The number of benzene rings is 1. The van der Waals surface area contributed by atoms with Gasteiger partial charge in [0.25, 0.3) is 0 Å². The predicted octanol–water partition coefficient (Wildman–Crippen LogP) is 2.65. The number of aryl methyl sites for hydroxylation is 1. The summed E-state index contributed by atoms with van der Waals surface area (Å²) in [5.41, 5.74) is 3.96. The molecule has 0 unspecified atom stereocenters. The Morgan fingerprint density at radius 3 is 3.00 bits per heavy atom. The fourth-order valence-corrected chi connectivity index (χ4v) is 2.99. The third kappa shape index (κ3) is 3.77. The van der Waals surface area contributed by atoms with Crippen LogP contribution in [0.15, 0.2) is 42.7 Å². The first-order valence-corrected chi connectivity index (χ1v) is 7.88. The Labute approximate surface area is 131 Å². The molecule has 2 N–H and O–H groups in total. The molecule has 0 saturated heterocycles. The van der Waals surface area contributed by atoms with Gasteiger partial charge >= 0.3 is 0 Å². The molecule has 2 aromatic rings. The molecule has 0 radical (unpaired) electrons. The van der Waals surface area contributed by atoms with Crippen molar-refractivity contribution in [3.05, 3.63) is 53.9 Å². The molecule has 0 saturated carbocycles. The SMILES string of the molecule is COc1ccc2c(c1)C[C@H](NCCNc1cccnc1)CC2. The Morgan fingerprint density at radius 1 is 1.23 bits per heavy atom. The molecule has 3 rings (SSSR count). The van der Waals surface area contributed by atoms with Crippen molar-refractivity contribution in [3.63, 3.8) is 0 Å². The molecule has 1 aromatic heterocycles. The van der Waals surface area contributed by atoms with Gasteiger partial charge in [-0.3, -0.25) is 4.98 Å². The minimum absolute atomic E-state index is 0.551. The summed E-state index contributed by atoms with van der Waals surface area (Å²) in [6.45, 7) is 1.87. The summed E-state index contributed by atoms with van der Waals surface area (Å²) in [6.07, 6.45) is 7.07. The van der Waals surface area contributed by atoms with Gasteiger partial charge < -0.3 is 15.4 Å². The summed E-state index contributed by atoms with van der Waals surface area (Å²) in [7, 11) is 1.73. The summed E-state index contributed by atoms with van der Waals surface area (Å²) in [6, 6.07) is 11.0. The van der Waals surface area contributed by atoms with Gasteiger partial charge in [-0.2, -0.15) is 0 Å². The Balaban J connectivity index is 1.46. The Bertz CT molecular complexity index is 601. The third-order valence-corrected chi connectivity index (χ3v) is 4.19. The van der Waals surface area contributed by atoms with Crippen LogP contribution in [0.3, 0.4) is 0 Å². The molecule has 1 heterocycles. The summed E-state index contributed by atoms with van der Waals surface area (Å²) in [5, 5.41) is 7.02. The lowest BCUT2D eigenvalue weighted by Gasteiger charge is -2.26. The average molecular weight is 297 g/mol. The number of hydrogen-bond donors (Lipinski definition) is 2. The number of rotatable bonds is 6. The van der Waals surface area contributed by atoms with Crippen LogP contribution in [0.1, 0.15) is 17.5 Å². The summed E-state index contributed by atoms with van der Waals surface area (Å²) < 4.78 is 5.33. The average Bonchev–Trinajstić information content (AvgIpc) is 2.59. The highest BCUT2D eigenvalue weighted by Crippen LogP contribution is 2.25. The lowest BCUT2D eigenvalue weighted by Crippen LogP contribution is -2.37. The molecular weight excluding hydrogens is 274 g/mol. The number of hydrogen-bond acceptors (Lipinski definition) is 4. The van der Waals surface area contributed by atoms with Crippen LogP contribution in [-0.4, -0.2) is 31.2 Å². The van der Waals surface area contributed by atoms with E-state index in [2.05, 4.69) is 33.8 Å². The van der Waals surface area contributed by atoms with Crippen molar-refractivity contribution in [2.24, 2.45) is 0 Å². The van der Waals surface area contributed by atoms with Crippen molar-refractivity contribution in [2.75, 3.05) is 25.5 Å². The van der Waals surface area contributed by atoms with Gasteiger partial charge in [0.2, 0.25) is 0 Å². The molecule has 1 aromatic carbocycles. The number of aromatic nitrogens is 1. The first-order valence-electron chi connectivity index (χ1n) is 7.88. The standard InChI is InChI=1S/C18H23N3O/c1-22-18-7-5-14-4-6-16(11-15(14)12-18)20-9-10-21-17-3-2-8-19-13-17/h2-3,5,7-8,12-13,16,20-21H,4,6,9-11H2,1H3/t16-/m1/s1. The maximum atomic E-state index is 5.33. The second-order valence-corrected chi connectivity index (χ2v) is 5.70. The van der Waals surface area contributed by atoms with Crippen LogP contribution in [-0.2, 0) is 12.8 Å². The first kappa shape index (κ1) is 14.9. The maximum Gasteiger partial charge on any atom is 0.119 e. The van der Waals surface area contributed by atoms with Crippen LogP contribution in [0.4, 0.5) is 5.69 Å². The summed E-state index contributed by atoms with van der Waals surface area (Å²) >= 11 is 0. The summed E-state index contributed by atoms with van der Waals surface area (Å²) in [4.78, 5) is 4.10. The minimum atomic E-state index is 0.551. The molecule has 1 aliphatic rings. The molecule has 4 heteroatoms. The van der Waals surface area contributed by atoms with E-state index in [0.29, 0.717) is 6.04 Å². The highest BCUT2D eigenvalue weighted by molar-refractivity contribution is 5.39. The first-order chi connectivity index (χ1) is 10.8. The van der Waals surface area contributed by atoms with Crippen LogP contribution < -0.4 is 15.4 Å². The lowest BCUT2D eigenvalue weighted by atomic mass is 9.88. The molecule has 116 valence electrons. The highest BCUT2D eigenvalue weighted by Gasteiger charge is 2.18. The molecule has 0 fully saturated rings. The largest absolute Gasteiger partial charge is 0.497 e. The Morgan fingerprint density at radius 2 is 2.18 bits per heavy atom. The highest BCUT2D eigenvalue weighted by atomic mass is 16.5. The van der Waals surface area contributed by atoms with E-state index >= 15 is 0 Å². The molecule has 1 atom stereocenters. The molecule has 1 aliphatic carbocycles. The van der Waals surface area contributed by atoms with Crippen molar-refractivity contribution < 1.29 is 4.74 Å². The molecule has 0 spiro atoms. The van der Waals surface area contributed by atoms with Gasteiger partial charge in [0.05, 0.1) is 12.8 Å². The number of nitrogens with zero attached hydrogens (tertiary/aromatic N) is 1. The Kier molecular flexibility index (Phi) is 4.91. The number of methoxy groups -OCH3 is 1. The fourth-order valence-electron chi connectivity index (χ4n) is 2.99. The quantitative estimate of drug-likeness (QED) is 0.805. The Hall–Kier alpha value is -2.07. The van der Waals surface area contributed by atoms with Crippen molar-refractivity contribution >= 4 is 5.69 Å². The zero-order chi connectivity index (χ0) is 15.2. The van der Waals surface area contributed by atoms with E-state index in [1.807, 2.05) is 18.3 Å². The monoisotopic (exact) mass is 297 g/mol. The molecule has 0 amide bonds. The third-order valence-electron chi connectivity index (χ3n) is 4.19. The van der Waals surface area contributed by atoms with E-state index in [-0.39, 0.29) is 0 Å². The van der Waals surface area contributed by atoms with Gasteiger partial charge in [-0.1, -0.05) is 6.07 Å². The number of fused-ring (bicyclic) bond motifs is 1. The zero-order valence-corrected chi connectivity index (χ0v) is 13.0. The van der Waals surface area contributed by atoms with Crippen molar-refractivity contribution in [1.82, 2.24) is 10.3 Å². The molecule has 22 heavy (non-hydrogen) atoms. The van der Waals surface area contributed by atoms with E-state index in [1.54, 1.807) is 13.3 Å². The van der Waals surface area contributed by atoms with Crippen LogP contribution in [0.5, 0.6) is 5.75 Å². The fraction of sp³-hybridized carbons (Fsp3) is 0.389. The van der Waals surface area contributed by atoms with E-state index < -0.39 is 0 Å². The van der Waals surface area contributed by atoms with E-state index in [4.69, 9.17) is 4.74 Å². The molecule has 0 bridgehead atoms. The van der Waals surface area contributed by atoms with E-state index in [1.165, 1.54) is 17.5 Å². The van der Waals surface area contributed by atoms with Gasteiger partial charge in [0.1, 0.15) is 5.75 Å². The zero-order valence-electron chi connectivity index (χ0n) is 13.0. The maximum absolute atomic E-state index is 5.33. The van der Waals surface area contributed by atoms with E-state index in [9.17, 15) is 0 Å². The second kappa shape index (κ2) is 7.27. The van der Waals surface area contributed by atoms with Gasteiger partial charge in [0.15, 0.2) is 0 Å². The van der Waals surface area contributed by atoms with Gasteiger partial charge in [0, 0.05) is 31.5 Å². The summed E-state index contributed by atoms with van der Waals surface area (Å²) in [5.74, 6) is 0.956. The molecule has 4 nitrogen and oxygen atoms in total. The molecular formula is C18H23N3O. The second-order valence-electron chi connectivity index (χ2n) is 5.70. The smallest absolute Gasteiger partial charge is 0.119 e. The lowest BCUT2D eigenvalue weighted by molar-refractivity contribution is 0.411. The van der Waals surface area contributed by atoms with Crippen LogP contribution in [0, 0.1) is 0 Å². The molecule has 0 aliphatic heterocycles. The van der Waals surface area contributed by atoms with Crippen molar-refractivity contribution in [2.45, 2.75) is 25.3 Å². The number of pyridine rings is 1. The normalized spacial score (nSPS) is 16.9. The van der Waals surface area contributed by atoms with Gasteiger partial charge in [-0.25, -0.2) is 0 Å². The minimum Gasteiger partial charge on any atom is -0.497 e. The number of ether oxygens (including phenoxy) is 1. The van der Waals surface area contributed by atoms with Gasteiger partial charge in [-0.15, -0.1) is 0 Å². The van der Waals surface area contributed by atoms with Gasteiger partial charge in [-0.05, 0) is 54.7 Å². The van der Waals surface area contributed by atoms with Crippen LogP contribution >= 0.6 is 0 Å². The van der Waals surface area contributed by atoms with Crippen LogP contribution in [0.25, 0.3) is 0 Å². The predicted molar refractivity (Wildman–Crippen MR) is 89.5 cm³/mol. The van der Waals surface area contributed by atoms with E-state index in [0.717, 1.165) is 37.4 Å². The number of anilines is 1. The van der Waals surface area contributed by atoms with Crippen molar-refractivity contribution in [1.29, 1.82) is 0 Å². The van der Waals surface area contributed by atoms with Crippen LogP contribution in [0.2, 0.25) is 0 Å². The topological polar surface area (TPSA) is 46.2 Å².